The molecule has 0 radical (unpaired) electrons. The highest BCUT2D eigenvalue weighted by molar-refractivity contribution is 6.34. The van der Waals surface area contributed by atoms with Crippen LogP contribution in [-0.4, -0.2) is 54.9 Å². The molecule has 126 valence electrons. The summed E-state index contributed by atoms with van der Waals surface area (Å²) in [6, 6.07) is 3.28. The van der Waals surface area contributed by atoms with Crippen molar-refractivity contribution >= 4 is 35.0 Å². The Labute approximate surface area is 146 Å². The van der Waals surface area contributed by atoms with Gasteiger partial charge in [0, 0.05) is 43.7 Å². The number of carbonyl (C=O) groups excluding carboxylic acids is 2. The van der Waals surface area contributed by atoms with Crippen molar-refractivity contribution in [3.63, 3.8) is 0 Å². The smallest absolute Gasteiger partial charge is 0.227 e. The van der Waals surface area contributed by atoms with Gasteiger partial charge in [0.1, 0.15) is 5.75 Å². The molecule has 1 aliphatic heterocycles. The van der Waals surface area contributed by atoms with E-state index in [1.807, 2.05) is 6.92 Å². The standard InChI is InChI=1S/C16H20Cl2N2O3/c1-3-15(21)19-4-6-20(7-5-19)16(22)9-11-8-13(18)14(23-2)10-12(11)17/h8,10H,3-7,9H2,1-2H3. The van der Waals surface area contributed by atoms with E-state index in [1.165, 1.54) is 7.11 Å². The molecule has 5 nitrogen and oxygen atoms in total. The maximum Gasteiger partial charge on any atom is 0.227 e. The van der Waals surface area contributed by atoms with Gasteiger partial charge < -0.3 is 14.5 Å². The van der Waals surface area contributed by atoms with E-state index in [0.29, 0.717) is 54.0 Å². The maximum atomic E-state index is 12.4. The summed E-state index contributed by atoms with van der Waals surface area (Å²) in [5.74, 6) is 0.596. The fraction of sp³-hybridized carbons (Fsp3) is 0.500. The fourth-order valence-electron chi connectivity index (χ4n) is 2.57. The first-order valence-corrected chi connectivity index (χ1v) is 8.29. The van der Waals surface area contributed by atoms with Gasteiger partial charge in [0.25, 0.3) is 0 Å². The predicted octanol–water partition coefficient (Wildman–Crippen LogP) is 2.63. The Morgan fingerprint density at radius 1 is 1.04 bits per heavy atom. The molecule has 0 atom stereocenters. The lowest BCUT2D eigenvalue weighted by atomic mass is 10.1. The molecule has 0 unspecified atom stereocenters. The van der Waals surface area contributed by atoms with E-state index in [2.05, 4.69) is 0 Å². The summed E-state index contributed by atoms with van der Waals surface area (Å²) in [6.07, 6.45) is 0.679. The van der Waals surface area contributed by atoms with Gasteiger partial charge in [-0.05, 0) is 11.6 Å². The van der Waals surface area contributed by atoms with Crippen LogP contribution in [0.3, 0.4) is 0 Å². The van der Waals surface area contributed by atoms with Crippen LogP contribution in [0.1, 0.15) is 18.9 Å². The number of benzene rings is 1. The van der Waals surface area contributed by atoms with Crippen molar-refractivity contribution in [3.8, 4) is 5.75 Å². The Kier molecular flexibility index (Phi) is 6.13. The van der Waals surface area contributed by atoms with Gasteiger partial charge in [0.05, 0.1) is 18.6 Å². The van der Waals surface area contributed by atoms with E-state index in [-0.39, 0.29) is 18.2 Å². The van der Waals surface area contributed by atoms with E-state index in [4.69, 9.17) is 27.9 Å². The molecule has 1 aliphatic rings. The molecule has 7 heteroatoms. The van der Waals surface area contributed by atoms with E-state index < -0.39 is 0 Å². The summed E-state index contributed by atoms with van der Waals surface area (Å²) in [7, 11) is 1.51. The minimum Gasteiger partial charge on any atom is -0.495 e. The number of piperazine rings is 1. The van der Waals surface area contributed by atoms with Gasteiger partial charge in [0.15, 0.2) is 0 Å². The molecule has 0 N–H and O–H groups in total. The molecule has 1 fully saturated rings. The van der Waals surface area contributed by atoms with E-state index in [0.717, 1.165) is 0 Å². The summed E-state index contributed by atoms with van der Waals surface area (Å²) < 4.78 is 5.10. The first-order valence-electron chi connectivity index (χ1n) is 7.53. The van der Waals surface area contributed by atoms with Gasteiger partial charge in [-0.2, -0.15) is 0 Å². The first-order chi connectivity index (χ1) is 11.0. The van der Waals surface area contributed by atoms with Crippen molar-refractivity contribution in [3.05, 3.63) is 27.7 Å². The van der Waals surface area contributed by atoms with Crippen LogP contribution in [0.2, 0.25) is 10.0 Å². The van der Waals surface area contributed by atoms with Gasteiger partial charge in [-0.1, -0.05) is 30.1 Å². The predicted molar refractivity (Wildman–Crippen MR) is 90.2 cm³/mol. The summed E-state index contributed by atoms with van der Waals surface area (Å²) in [6.45, 7) is 4.10. The zero-order valence-electron chi connectivity index (χ0n) is 13.3. The van der Waals surface area contributed by atoms with E-state index in [1.54, 1.807) is 21.9 Å². The Hall–Kier alpha value is -1.46. The van der Waals surface area contributed by atoms with Crippen LogP contribution < -0.4 is 4.74 Å². The van der Waals surface area contributed by atoms with Gasteiger partial charge in [-0.25, -0.2) is 0 Å². The molecule has 2 rings (SSSR count). The number of nitrogens with zero attached hydrogens (tertiary/aromatic N) is 2. The van der Waals surface area contributed by atoms with Crippen molar-refractivity contribution in [1.29, 1.82) is 0 Å². The normalized spacial score (nSPS) is 14.8. The molecule has 2 amide bonds. The Morgan fingerprint density at radius 3 is 2.13 bits per heavy atom. The Balaban J connectivity index is 1.98. The summed E-state index contributed by atoms with van der Waals surface area (Å²) >= 11 is 12.3. The SMILES string of the molecule is CCC(=O)N1CCN(C(=O)Cc2cc(Cl)c(OC)cc2Cl)CC1. The lowest BCUT2D eigenvalue weighted by molar-refractivity contribution is -0.139. The van der Waals surface area contributed by atoms with Crippen LogP contribution in [0.4, 0.5) is 0 Å². The number of ether oxygens (including phenoxy) is 1. The summed E-state index contributed by atoms with van der Waals surface area (Å²) in [5.41, 5.74) is 0.675. The molecule has 0 aliphatic carbocycles. The molecule has 1 heterocycles. The van der Waals surface area contributed by atoms with Crippen molar-refractivity contribution < 1.29 is 14.3 Å². The lowest BCUT2D eigenvalue weighted by Crippen LogP contribution is -2.50. The molecule has 1 aromatic carbocycles. The van der Waals surface area contributed by atoms with E-state index in [9.17, 15) is 9.59 Å². The zero-order valence-corrected chi connectivity index (χ0v) is 14.8. The molecule has 23 heavy (non-hydrogen) atoms. The minimum absolute atomic E-state index is 0.0169. The molecule has 0 spiro atoms. The van der Waals surface area contributed by atoms with Crippen LogP contribution >= 0.6 is 23.2 Å². The highest BCUT2D eigenvalue weighted by Crippen LogP contribution is 2.31. The second-order valence-electron chi connectivity index (χ2n) is 5.37. The van der Waals surface area contributed by atoms with Crippen LogP contribution in [0.5, 0.6) is 5.75 Å². The quantitative estimate of drug-likeness (QED) is 0.831. The highest BCUT2D eigenvalue weighted by atomic mass is 35.5. The lowest BCUT2D eigenvalue weighted by Gasteiger charge is -2.34. The van der Waals surface area contributed by atoms with Crippen molar-refractivity contribution in [2.45, 2.75) is 19.8 Å². The monoisotopic (exact) mass is 358 g/mol. The topological polar surface area (TPSA) is 49.9 Å². The third-order valence-corrected chi connectivity index (χ3v) is 4.60. The molecular weight excluding hydrogens is 339 g/mol. The van der Waals surface area contributed by atoms with Crippen LogP contribution in [0.25, 0.3) is 0 Å². The minimum atomic E-state index is -0.0169. The average Bonchev–Trinajstić information content (AvgIpc) is 2.57. The zero-order chi connectivity index (χ0) is 17.0. The van der Waals surface area contributed by atoms with Crippen molar-refractivity contribution in [1.82, 2.24) is 9.80 Å². The van der Waals surface area contributed by atoms with Crippen LogP contribution in [0.15, 0.2) is 12.1 Å². The summed E-state index contributed by atoms with van der Waals surface area (Å²) in [4.78, 5) is 27.6. The molecule has 0 bridgehead atoms. The number of amides is 2. The third kappa shape index (κ3) is 4.30. The number of hydrogen-bond acceptors (Lipinski definition) is 3. The Bertz CT molecular complexity index is 599. The van der Waals surface area contributed by atoms with Crippen molar-refractivity contribution in [2.24, 2.45) is 0 Å². The molecule has 0 aromatic heterocycles. The Morgan fingerprint density at radius 2 is 1.61 bits per heavy atom. The van der Waals surface area contributed by atoms with Crippen molar-refractivity contribution in [2.75, 3.05) is 33.3 Å². The van der Waals surface area contributed by atoms with Gasteiger partial charge >= 0.3 is 0 Å². The largest absolute Gasteiger partial charge is 0.495 e. The fourth-order valence-corrected chi connectivity index (χ4v) is 3.05. The summed E-state index contributed by atoms with van der Waals surface area (Å²) in [5, 5.41) is 0.887. The number of methoxy groups -OCH3 is 1. The number of rotatable bonds is 4. The maximum absolute atomic E-state index is 12.4. The van der Waals surface area contributed by atoms with Crippen LogP contribution in [0, 0.1) is 0 Å². The third-order valence-electron chi connectivity index (χ3n) is 3.95. The molecule has 0 saturated carbocycles. The molecule has 1 aromatic rings. The van der Waals surface area contributed by atoms with Crippen LogP contribution in [-0.2, 0) is 16.0 Å². The first kappa shape index (κ1) is 17.9. The van der Waals surface area contributed by atoms with E-state index >= 15 is 0 Å². The highest BCUT2D eigenvalue weighted by Gasteiger charge is 2.24. The molecule has 1 saturated heterocycles. The molecular formula is C16H20Cl2N2O3. The van der Waals surface area contributed by atoms with Gasteiger partial charge in [-0.15, -0.1) is 0 Å². The number of hydrogen-bond donors (Lipinski definition) is 0. The van der Waals surface area contributed by atoms with Gasteiger partial charge in [-0.3, -0.25) is 9.59 Å². The number of carbonyl (C=O) groups is 2. The average molecular weight is 359 g/mol. The van der Waals surface area contributed by atoms with Gasteiger partial charge in [0.2, 0.25) is 11.8 Å². The second-order valence-corrected chi connectivity index (χ2v) is 6.18. The second kappa shape index (κ2) is 7.88. The number of halogens is 2.